The van der Waals surface area contributed by atoms with Gasteiger partial charge in [-0.15, -0.1) is 0 Å². The molecule has 0 aliphatic heterocycles. The zero-order valence-electron chi connectivity index (χ0n) is 10.9. The second-order valence-corrected chi connectivity index (χ2v) is 7.70. The minimum atomic E-state index is 0.560. The fourth-order valence-electron chi connectivity index (χ4n) is 4.77. The molecule has 0 nitrogen and oxygen atoms in total. The molecule has 3 aliphatic carbocycles. The van der Waals surface area contributed by atoms with E-state index in [1.165, 1.54) is 6.42 Å². The highest BCUT2D eigenvalue weighted by molar-refractivity contribution is 6.40. The van der Waals surface area contributed by atoms with E-state index in [4.69, 9.17) is 0 Å². The van der Waals surface area contributed by atoms with E-state index in [1.54, 1.807) is 32.1 Å². The summed E-state index contributed by atoms with van der Waals surface area (Å²) < 4.78 is 0. The van der Waals surface area contributed by atoms with Crippen LogP contribution in [0.5, 0.6) is 0 Å². The lowest BCUT2D eigenvalue weighted by atomic mass is 9.40. The van der Waals surface area contributed by atoms with Gasteiger partial charge in [-0.3, -0.25) is 0 Å². The first-order valence-electron chi connectivity index (χ1n) is 6.92. The molecule has 1 spiro atoms. The Labute approximate surface area is 96.4 Å². The second-order valence-electron chi connectivity index (χ2n) is 7.70. The van der Waals surface area contributed by atoms with Crippen molar-refractivity contribution in [3.05, 3.63) is 0 Å². The van der Waals surface area contributed by atoms with Crippen molar-refractivity contribution in [2.24, 2.45) is 22.7 Å². The quantitative estimate of drug-likeness (QED) is 0.614. The Balaban J connectivity index is 1.79. The predicted molar refractivity (Wildman–Crippen MR) is 70.7 cm³/mol. The van der Waals surface area contributed by atoms with Gasteiger partial charge in [0.05, 0.1) is 15.7 Å². The summed E-state index contributed by atoms with van der Waals surface area (Å²) in [5.74, 6) is 2.00. The van der Waals surface area contributed by atoms with E-state index < -0.39 is 0 Å². The highest BCUT2D eigenvalue weighted by Crippen LogP contribution is 2.84. The van der Waals surface area contributed by atoms with Crippen molar-refractivity contribution < 1.29 is 0 Å². The van der Waals surface area contributed by atoms with Crippen LogP contribution in [0, 0.1) is 22.7 Å². The topological polar surface area (TPSA) is 0 Å². The lowest BCUT2D eigenvalue weighted by Crippen LogP contribution is -2.44. The van der Waals surface area contributed by atoms with Crippen LogP contribution in [0.1, 0.15) is 52.4 Å². The van der Waals surface area contributed by atoms with Crippen LogP contribution in [0.15, 0.2) is 0 Å². The number of hydrogen-bond acceptors (Lipinski definition) is 0. The molecule has 0 radical (unpaired) electrons. The van der Waals surface area contributed by atoms with Crippen molar-refractivity contribution >= 4 is 15.7 Å². The molecule has 0 aromatic carbocycles. The molecule has 3 atom stereocenters. The van der Waals surface area contributed by atoms with E-state index in [0.29, 0.717) is 5.21 Å². The van der Waals surface area contributed by atoms with Crippen molar-refractivity contribution in [3.63, 3.8) is 0 Å². The van der Waals surface area contributed by atoms with Crippen LogP contribution in [-0.4, -0.2) is 15.7 Å². The van der Waals surface area contributed by atoms with E-state index >= 15 is 0 Å². The van der Waals surface area contributed by atoms with Crippen LogP contribution in [0.4, 0.5) is 0 Å². The smallest absolute Gasteiger partial charge is 0.0817 e. The maximum Gasteiger partial charge on any atom is 0.0995 e. The summed E-state index contributed by atoms with van der Waals surface area (Å²) in [7, 11) is 4.99. The highest BCUT2D eigenvalue weighted by atomic mass is 14.8. The van der Waals surface area contributed by atoms with Gasteiger partial charge in [0.2, 0.25) is 0 Å². The van der Waals surface area contributed by atoms with Gasteiger partial charge in [-0.05, 0) is 48.9 Å². The summed E-state index contributed by atoms with van der Waals surface area (Å²) in [5, 5.41) is 0.560. The molecule has 0 aromatic heterocycles. The Morgan fingerprint density at radius 3 is 2.40 bits per heavy atom. The lowest BCUT2D eigenvalue weighted by Gasteiger charge is -2.53. The molecule has 0 N–H and O–H groups in total. The summed E-state index contributed by atoms with van der Waals surface area (Å²) in [5.41, 5.74) is 1.70. The summed E-state index contributed by atoms with van der Waals surface area (Å²) >= 11 is 0. The van der Waals surface area contributed by atoms with Crippen LogP contribution in [0.2, 0.25) is 5.21 Å². The molecule has 0 aromatic rings. The Kier molecular flexibility index (Phi) is 1.84. The van der Waals surface area contributed by atoms with E-state index in [0.717, 1.165) is 22.7 Å². The zero-order chi connectivity index (χ0) is 10.9. The summed E-state index contributed by atoms with van der Waals surface area (Å²) in [6, 6.07) is 0. The van der Waals surface area contributed by atoms with Gasteiger partial charge >= 0.3 is 0 Å². The highest BCUT2D eigenvalue weighted by Gasteiger charge is 2.74. The Morgan fingerprint density at radius 1 is 1.27 bits per heavy atom. The van der Waals surface area contributed by atoms with Crippen LogP contribution < -0.4 is 0 Å². The minimum Gasteiger partial charge on any atom is -0.0817 e. The molecule has 0 saturated heterocycles. The maximum atomic E-state index is 2.49. The molecule has 3 unspecified atom stereocenters. The summed E-state index contributed by atoms with van der Waals surface area (Å²) in [4.78, 5) is 0. The molecular weight excluding hydrogens is 178 g/mol. The van der Waals surface area contributed by atoms with Crippen molar-refractivity contribution in [2.45, 2.75) is 57.6 Å². The average Bonchev–Trinajstić information content (AvgIpc) is 2.82. The molecule has 2 heteroatoms. The molecular formula is C13H24B2. The molecule has 3 aliphatic rings. The summed E-state index contributed by atoms with van der Waals surface area (Å²) in [6.45, 7) is 4.81. The normalized spacial score (nSPS) is 47.3. The van der Waals surface area contributed by atoms with Gasteiger partial charge in [-0.25, -0.2) is 0 Å². The Bertz CT molecular complexity index is 291. The minimum absolute atomic E-state index is 0.560. The van der Waals surface area contributed by atoms with Gasteiger partial charge in [0.1, 0.15) is 0 Å². The Morgan fingerprint density at radius 2 is 2.00 bits per heavy atom. The van der Waals surface area contributed by atoms with Crippen LogP contribution >= 0.6 is 0 Å². The van der Waals surface area contributed by atoms with E-state index in [1.807, 2.05) is 0 Å². The molecule has 3 fully saturated rings. The standard InChI is InChI=1S/C13H24B2/c1-9(2)13(14,15)8-11-4-3-10-7-12(10,11)6-5-11/h9-10H,3-8,14-15H2,1-2H3. The van der Waals surface area contributed by atoms with Crippen molar-refractivity contribution in [2.75, 3.05) is 0 Å². The largest absolute Gasteiger partial charge is 0.0995 e. The maximum absolute atomic E-state index is 2.49. The Hall–Kier alpha value is 0.130. The molecule has 3 rings (SSSR count). The van der Waals surface area contributed by atoms with Gasteiger partial charge < -0.3 is 0 Å². The van der Waals surface area contributed by atoms with Crippen LogP contribution in [0.3, 0.4) is 0 Å². The molecule has 0 bridgehead atoms. The molecule has 0 amide bonds. The SMILES string of the molecule is BC(B)(CC12CCC3CC31CC2)C(C)C. The fraction of sp³-hybridized carbons (Fsp3) is 1.00. The molecule has 0 heterocycles. The van der Waals surface area contributed by atoms with Crippen LogP contribution in [-0.2, 0) is 0 Å². The monoisotopic (exact) mass is 202 g/mol. The van der Waals surface area contributed by atoms with E-state index in [9.17, 15) is 0 Å². The lowest BCUT2D eigenvalue weighted by molar-refractivity contribution is 0.00143. The van der Waals surface area contributed by atoms with Crippen molar-refractivity contribution in [1.29, 1.82) is 0 Å². The first kappa shape index (κ1) is 10.3. The number of hydrogen-bond donors (Lipinski definition) is 0. The summed E-state index contributed by atoms with van der Waals surface area (Å²) in [6.07, 6.45) is 9.36. The van der Waals surface area contributed by atoms with Gasteiger partial charge in [0.15, 0.2) is 0 Å². The third-order valence-corrected chi connectivity index (χ3v) is 6.67. The van der Waals surface area contributed by atoms with Gasteiger partial charge in [0, 0.05) is 0 Å². The molecule has 15 heavy (non-hydrogen) atoms. The van der Waals surface area contributed by atoms with E-state index in [2.05, 4.69) is 29.5 Å². The second kappa shape index (κ2) is 2.68. The van der Waals surface area contributed by atoms with Crippen molar-refractivity contribution in [1.82, 2.24) is 0 Å². The van der Waals surface area contributed by atoms with Gasteiger partial charge in [-0.1, -0.05) is 31.4 Å². The number of rotatable bonds is 3. The van der Waals surface area contributed by atoms with Gasteiger partial charge in [-0.2, -0.15) is 0 Å². The van der Waals surface area contributed by atoms with Crippen molar-refractivity contribution in [3.8, 4) is 0 Å². The van der Waals surface area contributed by atoms with Crippen LogP contribution in [0.25, 0.3) is 0 Å². The van der Waals surface area contributed by atoms with E-state index in [-0.39, 0.29) is 0 Å². The molecule has 82 valence electrons. The fourth-order valence-corrected chi connectivity index (χ4v) is 4.77. The zero-order valence-corrected chi connectivity index (χ0v) is 10.9. The third-order valence-electron chi connectivity index (χ3n) is 6.67. The third kappa shape index (κ3) is 1.12. The first-order valence-corrected chi connectivity index (χ1v) is 6.92. The average molecular weight is 202 g/mol. The van der Waals surface area contributed by atoms with Gasteiger partial charge in [0.25, 0.3) is 0 Å². The first-order chi connectivity index (χ1) is 6.92. The predicted octanol–water partition coefficient (Wildman–Crippen LogP) is 2.00. The molecule has 3 saturated carbocycles.